The first-order chi connectivity index (χ1) is 10.9. The highest BCUT2D eigenvalue weighted by atomic mass is 79.9. The van der Waals surface area contributed by atoms with Gasteiger partial charge in [-0.25, -0.2) is 4.79 Å². The molecule has 0 spiro atoms. The Balaban J connectivity index is 2.11. The standard InChI is InChI=1S/C18H20BrNO3/c1-11(2)23-17-8-7-13(9-15(17)19)10-20-16-6-4-5-14(12(16)3)18(21)22/h4-9,11,20H,10H2,1-3H3,(H,21,22). The maximum Gasteiger partial charge on any atom is 0.336 e. The molecule has 0 atom stereocenters. The van der Waals surface area contributed by atoms with Crippen LogP contribution in [0.25, 0.3) is 0 Å². The van der Waals surface area contributed by atoms with E-state index in [9.17, 15) is 4.79 Å². The number of hydrogen-bond acceptors (Lipinski definition) is 3. The Kier molecular flexibility index (Phi) is 5.66. The highest BCUT2D eigenvalue weighted by Crippen LogP contribution is 2.27. The van der Waals surface area contributed by atoms with Crippen molar-refractivity contribution in [3.8, 4) is 5.75 Å². The quantitative estimate of drug-likeness (QED) is 0.754. The third-order valence-electron chi connectivity index (χ3n) is 3.41. The lowest BCUT2D eigenvalue weighted by molar-refractivity contribution is 0.0696. The second-order valence-corrected chi connectivity index (χ2v) is 6.42. The van der Waals surface area contributed by atoms with Crippen LogP contribution in [0, 0.1) is 6.92 Å². The Morgan fingerprint density at radius 2 is 2.04 bits per heavy atom. The Morgan fingerprint density at radius 1 is 1.30 bits per heavy atom. The van der Waals surface area contributed by atoms with Crippen LogP contribution in [0.15, 0.2) is 40.9 Å². The number of rotatable bonds is 6. The van der Waals surface area contributed by atoms with Crippen LogP contribution >= 0.6 is 15.9 Å². The van der Waals surface area contributed by atoms with E-state index in [0.29, 0.717) is 12.1 Å². The zero-order chi connectivity index (χ0) is 17.0. The normalized spacial score (nSPS) is 10.7. The molecule has 0 fully saturated rings. The van der Waals surface area contributed by atoms with Crippen molar-refractivity contribution in [1.82, 2.24) is 0 Å². The molecular weight excluding hydrogens is 358 g/mol. The van der Waals surface area contributed by atoms with Gasteiger partial charge in [-0.2, -0.15) is 0 Å². The molecule has 0 saturated heterocycles. The van der Waals surface area contributed by atoms with E-state index in [-0.39, 0.29) is 6.10 Å². The fourth-order valence-corrected chi connectivity index (χ4v) is 2.78. The van der Waals surface area contributed by atoms with Crippen molar-refractivity contribution in [2.24, 2.45) is 0 Å². The fourth-order valence-electron chi connectivity index (χ4n) is 2.26. The lowest BCUT2D eigenvalue weighted by Crippen LogP contribution is -2.07. The van der Waals surface area contributed by atoms with Gasteiger partial charge in [0.25, 0.3) is 0 Å². The van der Waals surface area contributed by atoms with Crippen LogP contribution in [0.4, 0.5) is 5.69 Å². The van der Waals surface area contributed by atoms with Crippen molar-refractivity contribution < 1.29 is 14.6 Å². The van der Waals surface area contributed by atoms with E-state index >= 15 is 0 Å². The second-order valence-electron chi connectivity index (χ2n) is 5.57. The molecule has 0 saturated carbocycles. The molecule has 0 radical (unpaired) electrons. The van der Waals surface area contributed by atoms with Crippen molar-refractivity contribution in [3.05, 3.63) is 57.6 Å². The minimum Gasteiger partial charge on any atom is -0.490 e. The number of benzene rings is 2. The lowest BCUT2D eigenvalue weighted by Gasteiger charge is -2.14. The van der Waals surface area contributed by atoms with E-state index in [4.69, 9.17) is 9.84 Å². The van der Waals surface area contributed by atoms with Crippen molar-refractivity contribution >= 4 is 27.6 Å². The van der Waals surface area contributed by atoms with E-state index < -0.39 is 5.97 Å². The highest BCUT2D eigenvalue weighted by Gasteiger charge is 2.10. The molecule has 4 nitrogen and oxygen atoms in total. The van der Waals surface area contributed by atoms with Gasteiger partial charge in [-0.3, -0.25) is 0 Å². The molecule has 2 N–H and O–H groups in total. The van der Waals surface area contributed by atoms with Gasteiger partial charge in [-0.05, 0) is 72.1 Å². The summed E-state index contributed by atoms with van der Waals surface area (Å²) in [5, 5.41) is 12.5. The van der Waals surface area contributed by atoms with E-state index in [1.165, 1.54) is 0 Å². The average Bonchev–Trinajstić information content (AvgIpc) is 2.48. The first-order valence-electron chi connectivity index (χ1n) is 7.40. The van der Waals surface area contributed by atoms with Crippen LogP contribution in [-0.4, -0.2) is 17.2 Å². The first-order valence-corrected chi connectivity index (χ1v) is 8.19. The van der Waals surface area contributed by atoms with Crippen LogP contribution in [0.5, 0.6) is 5.75 Å². The monoisotopic (exact) mass is 377 g/mol. The summed E-state index contributed by atoms with van der Waals surface area (Å²) in [4.78, 5) is 11.2. The Bertz CT molecular complexity index is 713. The molecule has 0 aliphatic rings. The summed E-state index contributed by atoms with van der Waals surface area (Å²) in [6, 6.07) is 11.2. The van der Waals surface area contributed by atoms with Gasteiger partial charge in [-0.1, -0.05) is 12.1 Å². The maximum atomic E-state index is 11.2. The van der Waals surface area contributed by atoms with E-state index in [1.54, 1.807) is 19.1 Å². The molecule has 2 aromatic rings. The van der Waals surface area contributed by atoms with E-state index in [2.05, 4.69) is 21.2 Å². The van der Waals surface area contributed by atoms with Gasteiger partial charge < -0.3 is 15.2 Å². The molecule has 0 bridgehead atoms. The van der Waals surface area contributed by atoms with Crippen LogP contribution < -0.4 is 10.1 Å². The largest absolute Gasteiger partial charge is 0.490 e. The summed E-state index contributed by atoms with van der Waals surface area (Å²) < 4.78 is 6.60. The second kappa shape index (κ2) is 7.51. The number of carbonyl (C=O) groups is 1. The number of carboxylic acids is 1. The molecular formula is C18H20BrNO3. The van der Waals surface area contributed by atoms with Gasteiger partial charge in [-0.15, -0.1) is 0 Å². The first kappa shape index (κ1) is 17.3. The molecule has 0 heterocycles. The smallest absolute Gasteiger partial charge is 0.336 e. The van der Waals surface area contributed by atoms with Crippen LogP contribution in [0.3, 0.4) is 0 Å². The number of carboxylic acid groups (broad SMARTS) is 1. The number of halogens is 1. The topological polar surface area (TPSA) is 58.6 Å². The SMILES string of the molecule is Cc1c(NCc2ccc(OC(C)C)c(Br)c2)cccc1C(=O)O. The van der Waals surface area contributed by atoms with Gasteiger partial charge in [0.15, 0.2) is 0 Å². The van der Waals surface area contributed by atoms with Crippen molar-refractivity contribution in [2.45, 2.75) is 33.4 Å². The summed E-state index contributed by atoms with van der Waals surface area (Å²) in [6.45, 7) is 6.38. The maximum absolute atomic E-state index is 11.2. The molecule has 0 aliphatic heterocycles. The van der Waals surface area contributed by atoms with Gasteiger partial charge in [0.2, 0.25) is 0 Å². The van der Waals surface area contributed by atoms with Crippen molar-refractivity contribution in [2.75, 3.05) is 5.32 Å². The van der Waals surface area contributed by atoms with Crippen LogP contribution in [-0.2, 0) is 6.54 Å². The van der Waals surface area contributed by atoms with E-state index in [1.807, 2.05) is 38.1 Å². The summed E-state index contributed by atoms with van der Waals surface area (Å²) in [5.74, 6) is -0.100. The van der Waals surface area contributed by atoms with Gasteiger partial charge in [0, 0.05) is 12.2 Å². The summed E-state index contributed by atoms with van der Waals surface area (Å²) in [7, 11) is 0. The molecule has 0 unspecified atom stereocenters. The Hall–Kier alpha value is -2.01. The Labute approximate surface area is 144 Å². The lowest BCUT2D eigenvalue weighted by atomic mass is 10.1. The predicted octanol–water partition coefficient (Wildman–Crippen LogP) is 4.86. The molecule has 0 amide bonds. The summed E-state index contributed by atoms with van der Waals surface area (Å²) in [5.41, 5.74) is 2.95. The van der Waals surface area contributed by atoms with Gasteiger partial charge in [0.1, 0.15) is 5.75 Å². The molecule has 122 valence electrons. The van der Waals surface area contributed by atoms with Crippen LogP contribution in [0.1, 0.15) is 35.3 Å². The summed E-state index contributed by atoms with van der Waals surface area (Å²) in [6.07, 6.45) is 0.122. The average molecular weight is 378 g/mol. The number of nitrogens with one attached hydrogen (secondary N) is 1. The molecule has 5 heteroatoms. The number of hydrogen-bond donors (Lipinski definition) is 2. The summed E-state index contributed by atoms with van der Waals surface area (Å²) >= 11 is 3.52. The number of anilines is 1. The van der Waals surface area contributed by atoms with Gasteiger partial charge >= 0.3 is 5.97 Å². The van der Waals surface area contributed by atoms with Crippen molar-refractivity contribution in [3.63, 3.8) is 0 Å². The van der Waals surface area contributed by atoms with Crippen molar-refractivity contribution in [1.29, 1.82) is 0 Å². The van der Waals surface area contributed by atoms with Gasteiger partial charge in [0.05, 0.1) is 16.1 Å². The van der Waals surface area contributed by atoms with Crippen LogP contribution in [0.2, 0.25) is 0 Å². The highest BCUT2D eigenvalue weighted by molar-refractivity contribution is 9.10. The third-order valence-corrected chi connectivity index (χ3v) is 4.03. The molecule has 2 aromatic carbocycles. The minimum atomic E-state index is -0.913. The van der Waals surface area contributed by atoms with E-state index in [0.717, 1.165) is 27.0 Å². The Morgan fingerprint density at radius 3 is 2.65 bits per heavy atom. The number of ether oxygens (including phenoxy) is 1. The minimum absolute atomic E-state index is 0.122. The predicted molar refractivity (Wildman–Crippen MR) is 95.4 cm³/mol. The zero-order valence-corrected chi connectivity index (χ0v) is 15.0. The molecule has 0 aromatic heterocycles. The zero-order valence-electron chi connectivity index (χ0n) is 13.4. The molecule has 23 heavy (non-hydrogen) atoms. The molecule has 2 rings (SSSR count). The molecule has 0 aliphatic carbocycles. The fraction of sp³-hybridized carbons (Fsp3) is 0.278. The number of aromatic carboxylic acids is 1. The third kappa shape index (κ3) is 4.48.